The molecule has 4 nitrogen and oxygen atoms in total. The van der Waals surface area contributed by atoms with Gasteiger partial charge in [-0.3, -0.25) is 5.10 Å². The molecule has 4 heteroatoms. The summed E-state index contributed by atoms with van der Waals surface area (Å²) in [5.41, 5.74) is 7.68. The summed E-state index contributed by atoms with van der Waals surface area (Å²) in [5, 5.41) is 6.64. The third kappa shape index (κ3) is 3.00. The molecule has 0 saturated carbocycles. The van der Waals surface area contributed by atoms with Crippen LogP contribution in [0.2, 0.25) is 0 Å². The third-order valence-corrected chi connectivity index (χ3v) is 2.59. The van der Waals surface area contributed by atoms with Gasteiger partial charge >= 0.3 is 0 Å². The van der Waals surface area contributed by atoms with Gasteiger partial charge in [0.25, 0.3) is 0 Å². The number of H-pyrrole nitrogens is 1. The molecule has 0 saturated heterocycles. The van der Waals surface area contributed by atoms with Crippen LogP contribution in [-0.4, -0.2) is 10.2 Å². The number of nitrogens with two attached hydrogens (primary N) is 1. The maximum absolute atomic E-state index is 5.61. The van der Waals surface area contributed by atoms with Crippen molar-refractivity contribution in [3.63, 3.8) is 0 Å². The molecule has 17 heavy (non-hydrogen) atoms. The standard InChI is InChI=1S/C13H17N3O/c1-9(2)10-3-5-12(6-4-10)17-8-11-7-13(14)16-15-11/h3-7,9H,8H2,1-2H3,(H3,14,15,16). The number of aromatic nitrogens is 2. The zero-order valence-corrected chi connectivity index (χ0v) is 10.1. The van der Waals surface area contributed by atoms with Crippen molar-refractivity contribution in [2.75, 3.05) is 5.73 Å². The average Bonchev–Trinajstić information content (AvgIpc) is 2.73. The second-order valence-corrected chi connectivity index (χ2v) is 4.33. The first kappa shape index (κ1) is 11.5. The lowest BCUT2D eigenvalue weighted by atomic mass is 10.0. The van der Waals surface area contributed by atoms with E-state index >= 15 is 0 Å². The minimum absolute atomic E-state index is 0.450. The molecule has 0 amide bonds. The van der Waals surface area contributed by atoms with Crippen molar-refractivity contribution in [1.82, 2.24) is 10.2 Å². The van der Waals surface area contributed by atoms with Crippen LogP contribution in [0, 0.1) is 0 Å². The molecule has 1 aromatic carbocycles. The van der Waals surface area contributed by atoms with Crippen molar-refractivity contribution in [3.8, 4) is 5.75 Å². The van der Waals surface area contributed by atoms with Crippen molar-refractivity contribution in [2.24, 2.45) is 0 Å². The monoisotopic (exact) mass is 231 g/mol. The van der Waals surface area contributed by atoms with Crippen LogP contribution in [0.5, 0.6) is 5.75 Å². The number of nitrogens with one attached hydrogen (secondary N) is 1. The lowest BCUT2D eigenvalue weighted by Crippen LogP contribution is -1.96. The Morgan fingerprint density at radius 2 is 2.00 bits per heavy atom. The van der Waals surface area contributed by atoms with Gasteiger partial charge in [0.05, 0.1) is 5.69 Å². The van der Waals surface area contributed by atoms with Gasteiger partial charge in [0, 0.05) is 6.07 Å². The lowest BCUT2D eigenvalue weighted by Gasteiger charge is -2.07. The van der Waals surface area contributed by atoms with E-state index in [9.17, 15) is 0 Å². The predicted octanol–water partition coefficient (Wildman–Crippen LogP) is 2.69. The van der Waals surface area contributed by atoms with Crippen molar-refractivity contribution in [2.45, 2.75) is 26.4 Å². The fourth-order valence-corrected chi connectivity index (χ4v) is 1.56. The summed E-state index contributed by atoms with van der Waals surface area (Å²) in [6.45, 7) is 4.79. The first-order valence-corrected chi connectivity index (χ1v) is 5.67. The van der Waals surface area contributed by atoms with Crippen LogP contribution >= 0.6 is 0 Å². The molecule has 0 aliphatic rings. The highest BCUT2D eigenvalue weighted by Crippen LogP contribution is 2.19. The van der Waals surface area contributed by atoms with E-state index in [-0.39, 0.29) is 0 Å². The molecule has 0 fully saturated rings. The van der Waals surface area contributed by atoms with Gasteiger partial charge in [-0.05, 0) is 23.6 Å². The van der Waals surface area contributed by atoms with Crippen LogP contribution in [0.4, 0.5) is 5.82 Å². The fourth-order valence-electron chi connectivity index (χ4n) is 1.56. The van der Waals surface area contributed by atoms with E-state index in [1.807, 2.05) is 12.1 Å². The van der Waals surface area contributed by atoms with E-state index in [0.717, 1.165) is 11.4 Å². The first-order chi connectivity index (χ1) is 8.15. The topological polar surface area (TPSA) is 63.9 Å². The Morgan fingerprint density at radius 3 is 2.53 bits per heavy atom. The molecule has 0 unspecified atom stereocenters. The molecular weight excluding hydrogens is 214 g/mol. The van der Waals surface area contributed by atoms with Gasteiger partial charge in [-0.1, -0.05) is 26.0 Å². The number of anilines is 1. The maximum Gasteiger partial charge on any atom is 0.145 e. The van der Waals surface area contributed by atoms with Crippen LogP contribution in [0.1, 0.15) is 31.0 Å². The second-order valence-electron chi connectivity index (χ2n) is 4.33. The number of nitrogen functional groups attached to an aromatic ring is 1. The van der Waals surface area contributed by atoms with E-state index in [1.54, 1.807) is 6.07 Å². The molecule has 0 aliphatic carbocycles. The smallest absolute Gasteiger partial charge is 0.145 e. The van der Waals surface area contributed by atoms with E-state index in [2.05, 4.69) is 36.2 Å². The Morgan fingerprint density at radius 1 is 1.29 bits per heavy atom. The summed E-state index contributed by atoms with van der Waals surface area (Å²) >= 11 is 0. The molecule has 90 valence electrons. The highest BCUT2D eigenvalue weighted by atomic mass is 16.5. The summed E-state index contributed by atoms with van der Waals surface area (Å²) in [7, 11) is 0. The highest BCUT2D eigenvalue weighted by Gasteiger charge is 2.01. The van der Waals surface area contributed by atoms with Gasteiger partial charge in [-0.2, -0.15) is 5.10 Å². The summed E-state index contributed by atoms with van der Waals surface area (Å²) < 4.78 is 5.61. The van der Waals surface area contributed by atoms with E-state index in [4.69, 9.17) is 10.5 Å². The van der Waals surface area contributed by atoms with E-state index in [1.165, 1.54) is 5.56 Å². The Kier molecular flexibility index (Phi) is 3.32. The Labute approximate surface area is 101 Å². The largest absolute Gasteiger partial charge is 0.487 e. The maximum atomic E-state index is 5.61. The molecule has 0 atom stereocenters. The molecular formula is C13H17N3O. The molecule has 1 aromatic heterocycles. The molecule has 0 aliphatic heterocycles. The Balaban J connectivity index is 1.95. The average molecular weight is 231 g/mol. The van der Waals surface area contributed by atoms with Crippen molar-refractivity contribution < 1.29 is 4.74 Å². The van der Waals surface area contributed by atoms with Crippen LogP contribution in [0.3, 0.4) is 0 Å². The molecule has 2 rings (SSSR count). The Bertz CT molecular complexity index is 474. The van der Waals surface area contributed by atoms with Crippen LogP contribution < -0.4 is 10.5 Å². The van der Waals surface area contributed by atoms with Crippen molar-refractivity contribution in [3.05, 3.63) is 41.6 Å². The third-order valence-electron chi connectivity index (χ3n) is 2.59. The SMILES string of the molecule is CC(C)c1ccc(OCc2cc(N)n[nH]2)cc1. The van der Waals surface area contributed by atoms with Gasteiger partial charge in [0.2, 0.25) is 0 Å². The number of nitrogens with zero attached hydrogens (tertiary/aromatic N) is 1. The van der Waals surface area contributed by atoms with Gasteiger partial charge in [-0.15, -0.1) is 0 Å². The summed E-state index contributed by atoms with van der Waals surface area (Å²) in [6.07, 6.45) is 0. The molecule has 0 radical (unpaired) electrons. The minimum Gasteiger partial charge on any atom is -0.487 e. The zero-order chi connectivity index (χ0) is 12.3. The van der Waals surface area contributed by atoms with Gasteiger partial charge in [0.15, 0.2) is 0 Å². The number of hydrogen-bond acceptors (Lipinski definition) is 3. The zero-order valence-electron chi connectivity index (χ0n) is 10.1. The molecule has 0 spiro atoms. The number of ether oxygens (including phenoxy) is 1. The van der Waals surface area contributed by atoms with Gasteiger partial charge in [0.1, 0.15) is 18.2 Å². The van der Waals surface area contributed by atoms with Crippen LogP contribution in [0.15, 0.2) is 30.3 Å². The quantitative estimate of drug-likeness (QED) is 0.850. The molecule has 1 heterocycles. The summed E-state index contributed by atoms with van der Waals surface area (Å²) in [4.78, 5) is 0. The van der Waals surface area contributed by atoms with Gasteiger partial charge in [-0.25, -0.2) is 0 Å². The number of rotatable bonds is 4. The van der Waals surface area contributed by atoms with Crippen LogP contribution in [0.25, 0.3) is 0 Å². The van der Waals surface area contributed by atoms with Crippen molar-refractivity contribution in [1.29, 1.82) is 0 Å². The van der Waals surface area contributed by atoms with Gasteiger partial charge < -0.3 is 10.5 Å². The highest BCUT2D eigenvalue weighted by molar-refractivity contribution is 5.30. The van der Waals surface area contributed by atoms with E-state index < -0.39 is 0 Å². The van der Waals surface area contributed by atoms with Crippen LogP contribution in [-0.2, 0) is 6.61 Å². The molecule has 3 N–H and O–H groups in total. The summed E-state index contributed by atoms with van der Waals surface area (Å²) in [5.74, 6) is 1.87. The number of aromatic amines is 1. The minimum atomic E-state index is 0.450. The Hall–Kier alpha value is -1.97. The second kappa shape index (κ2) is 4.91. The summed E-state index contributed by atoms with van der Waals surface area (Å²) in [6, 6.07) is 9.90. The van der Waals surface area contributed by atoms with E-state index in [0.29, 0.717) is 18.3 Å². The number of hydrogen-bond donors (Lipinski definition) is 2. The lowest BCUT2D eigenvalue weighted by molar-refractivity contribution is 0.301. The number of benzene rings is 1. The van der Waals surface area contributed by atoms with Crippen molar-refractivity contribution >= 4 is 5.82 Å². The predicted molar refractivity (Wildman–Crippen MR) is 67.9 cm³/mol. The first-order valence-electron chi connectivity index (χ1n) is 5.67. The fraction of sp³-hybridized carbons (Fsp3) is 0.308. The molecule has 0 bridgehead atoms. The molecule has 2 aromatic rings. The normalized spacial score (nSPS) is 10.8.